The van der Waals surface area contributed by atoms with E-state index in [9.17, 15) is 4.79 Å². The molecule has 7 nitrogen and oxygen atoms in total. The molecule has 35 heavy (non-hydrogen) atoms. The number of benzene rings is 2. The Morgan fingerprint density at radius 1 is 1.09 bits per heavy atom. The molecule has 0 spiro atoms. The highest BCUT2D eigenvalue weighted by Gasteiger charge is 2.44. The molecule has 2 fully saturated rings. The molecular formula is C28H32N4O3. The molecule has 3 aliphatic rings. The molecule has 2 aromatic carbocycles. The van der Waals surface area contributed by atoms with Gasteiger partial charge in [-0.1, -0.05) is 6.07 Å². The van der Waals surface area contributed by atoms with E-state index in [2.05, 4.69) is 40.7 Å². The van der Waals surface area contributed by atoms with Gasteiger partial charge in [-0.25, -0.2) is 9.48 Å². The van der Waals surface area contributed by atoms with Crippen LogP contribution < -0.4 is 10.1 Å². The van der Waals surface area contributed by atoms with Crippen LogP contribution in [0.3, 0.4) is 0 Å². The Hall–Kier alpha value is -3.48. The maximum absolute atomic E-state index is 12.8. The molecule has 4 heterocycles. The lowest BCUT2D eigenvalue weighted by molar-refractivity contribution is 0.00683. The van der Waals surface area contributed by atoms with Crippen LogP contribution in [-0.2, 0) is 11.3 Å². The van der Waals surface area contributed by atoms with Gasteiger partial charge in [0.1, 0.15) is 18.0 Å². The number of hydrogen-bond acceptors (Lipinski definition) is 5. The van der Waals surface area contributed by atoms with Crippen LogP contribution in [0.25, 0.3) is 16.8 Å². The fraction of sp³-hybridized carbons (Fsp3) is 0.429. The number of piperidine rings is 1. The topological polar surface area (TPSA) is 68.6 Å². The lowest BCUT2D eigenvalue weighted by atomic mass is 9.94. The zero-order valence-corrected chi connectivity index (χ0v) is 20.5. The first-order chi connectivity index (χ1) is 16.8. The van der Waals surface area contributed by atoms with Gasteiger partial charge in [0.2, 0.25) is 0 Å². The zero-order chi connectivity index (χ0) is 24.2. The van der Waals surface area contributed by atoms with Gasteiger partial charge in [-0.3, -0.25) is 0 Å². The highest BCUT2D eigenvalue weighted by molar-refractivity contribution is 5.78. The van der Waals surface area contributed by atoms with Crippen molar-refractivity contribution in [3.05, 3.63) is 60.4 Å². The molecule has 1 aromatic heterocycles. The number of hydrogen-bond donors (Lipinski definition) is 1. The van der Waals surface area contributed by atoms with E-state index >= 15 is 0 Å². The second-order valence-corrected chi connectivity index (χ2v) is 10.9. The highest BCUT2D eigenvalue weighted by atomic mass is 16.6. The fourth-order valence-corrected chi connectivity index (χ4v) is 5.78. The van der Waals surface area contributed by atoms with Crippen molar-refractivity contribution < 1.29 is 14.3 Å². The summed E-state index contributed by atoms with van der Waals surface area (Å²) >= 11 is 0. The molecular weight excluding hydrogens is 440 g/mol. The van der Waals surface area contributed by atoms with Crippen LogP contribution in [0, 0.1) is 0 Å². The van der Waals surface area contributed by atoms with Crippen molar-refractivity contribution in [1.82, 2.24) is 14.7 Å². The molecule has 3 aliphatic heterocycles. The van der Waals surface area contributed by atoms with Gasteiger partial charge in [0, 0.05) is 47.8 Å². The maximum atomic E-state index is 12.8. The third-order valence-electron chi connectivity index (χ3n) is 7.22. The SMILES string of the molecule is CC(C)(C)OC(=O)N1[C@@H]2CC[C@H]1CC(Nc1ccc3c(c1)COc1cc(-n4cccn4)ccc1-3)C2. The van der Waals surface area contributed by atoms with Gasteiger partial charge in [0.15, 0.2) is 0 Å². The van der Waals surface area contributed by atoms with Crippen LogP contribution in [0.5, 0.6) is 5.75 Å². The fourth-order valence-electron chi connectivity index (χ4n) is 5.78. The van der Waals surface area contributed by atoms with Crippen LogP contribution in [0.1, 0.15) is 52.0 Å². The van der Waals surface area contributed by atoms with Crippen molar-refractivity contribution in [1.29, 1.82) is 0 Å². The van der Waals surface area contributed by atoms with Crippen LogP contribution in [0.15, 0.2) is 54.9 Å². The van der Waals surface area contributed by atoms with Crippen molar-refractivity contribution in [2.45, 2.75) is 76.8 Å². The van der Waals surface area contributed by atoms with Gasteiger partial charge in [-0.2, -0.15) is 5.10 Å². The van der Waals surface area contributed by atoms with Gasteiger partial charge >= 0.3 is 6.09 Å². The minimum Gasteiger partial charge on any atom is -0.488 e. The van der Waals surface area contributed by atoms with Crippen LogP contribution >= 0.6 is 0 Å². The summed E-state index contributed by atoms with van der Waals surface area (Å²) < 4.78 is 13.7. The second kappa shape index (κ2) is 8.33. The Bertz CT molecular complexity index is 1230. The molecule has 2 bridgehead atoms. The lowest BCUT2D eigenvalue weighted by Crippen LogP contribution is -2.51. The second-order valence-electron chi connectivity index (χ2n) is 10.9. The van der Waals surface area contributed by atoms with E-state index < -0.39 is 5.60 Å². The summed E-state index contributed by atoms with van der Waals surface area (Å²) in [7, 11) is 0. The van der Waals surface area contributed by atoms with Crippen molar-refractivity contribution in [3.8, 4) is 22.6 Å². The van der Waals surface area contributed by atoms with Gasteiger partial charge in [-0.05, 0) is 87.9 Å². The minimum absolute atomic E-state index is 0.163. The molecule has 1 unspecified atom stereocenters. The predicted octanol–water partition coefficient (Wildman–Crippen LogP) is 5.77. The van der Waals surface area contributed by atoms with Crippen molar-refractivity contribution in [2.24, 2.45) is 0 Å². The monoisotopic (exact) mass is 472 g/mol. The van der Waals surface area contributed by atoms with Gasteiger partial charge in [0.25, 0.3) is 0 Å². The normalized spacial score (nSPS) is 22.7. The van der Waals surface area contributed by atoms with Crippen molar-refractivity contribution >= 4 is 11.8 Å². The molecule has 0 radical (unpaired) electrons. The summed E-state index contributed by atoms with van der Waals surface area (Å²) in [4.78, 5) is 14.8. The number of ether oxygens (including phenoxy) is 2. The summed E-state index contributed by atoms with van der Waals surface area (Å²) in [6, 6.07) is 15.6. The predicted molar refractivity (Wildman–Crippen MR) is 135 cm³/mol. The van der Waals surface area contributed by atoms with Crippen molar-refractivity contribution in [3.63, 3.8) is 0 Å². The molecule has 3 aromatic rings. The van der Waals surface area contributed by atoms with Crippen LogP contribution in [0.2, 0.25) is 0 Å². The Morgan fingerprint density at radius 2 is 1.86 bits per heavy atom. The number of nitrogens with one attached hydrogen (secondary N) is 1. The summed E-state index contributed by atoms with van der Waals surface area (Å²) in [6.07, 6.45) is 7.54. The molecule has 6 rings (SSSR count). The summed E-state index contributed by atoms with van der Waals surface area (Å²) in [5, 5.41) is 8.06. The van der Waals surface area contributed by atoms with Gasteiger partial charge in [0.05, 0.1) is 5.69 Å². The number of nitrogens with zero attached hydrogens (tertiary/aromatic N) is 3. The molecule has 0 saturated carbocycles. The van der Waals surface area contributed by atoms with Crippen LogP contribution in [0.4, 0.5) is 10.5 Å². The number of anilines is 1. The zero-order valence-electron chi connectivity index (χ0n) is 20.5. The first-order valence-electron chi connectivity index (χ1n) is 12.5. The maximum Gasteiger partial charge on any atom is 0.410 e. The third kappa shape index (κ3) is 4.24. The molecule has 7 heteroatoms. The van der Waals surface area contributed by atoms with Crippen LogP contribution in [-0.4, -0.2) is 44.5 Å². The quantitative estimate of drug-likeness (QED) is 0.524. The van der Waals surface area contributed by atoms with E-state index in [0.717, 1.165) is 48.4 Å². The summed E-state index contributed by atoms with van der Waals surface area (Å²) in [6.45, 7) is 6.33. The molecule has 3 atom stereocenters. The minimum atomic E-state index is -0.462. The highest BCUT2D eigenvalue weighted by Crippen LogP contribution is 2.41. The Labute approximate surface area is 206 Å². The van der Waals surface area contributed by atoms with E-state index in [1.54, 1.807) is 6.20 Å². The van der Waals surface area contributed by atoms with E-state index in [-0.39, 0.29) is 18.2 Å². The number of aromatic nitrogens is 2. The number of amides is 1. The largest absolute Gasteiger partial charge is 0.488 e. The van der Waals surface area contributed by atoms with Gasteiger partial charge < -0.3 is 19.7 Å². The average Bonchev–Trinajstić information content (AvgIpc) is 3.44. The average molecular weight is 473 g/mol. The molecule has 2 saturated heterocycles. The Balaban J connectivity index is 1.16. The standard InChI is InChI=1S/C28H32N4O3/c1-28(2,3)35-27(33)32-22-6-7-23(32)15-20(14-22)30-19-5-9-24-18(13-19)17-34-26-16-21(8-10-25(24)26)31-12-4-11-29-31/h4-5,8-13,16,20,22-23,30H,6-7,14-15,17H2,1-3H3/t20?,22-,23+. The summed E-state index contributed by atoms with van der Waals surface area (Å²) in [5.41, 5.74) is 5.14. The van der Waals surface area contributed by atoms with Gasteiger partial charge in [-0.15, -0.1) is 0 Å². The first-order valence-corrected chi connectivity index (χ1v) is 12.5. The van der Waals surface area contributed by atoms with Crippen molar-refractivity contribution in [2.75, 3.05) is 5.32 Å². The third-order valence-corrected chi connectivity index (χ3v) is 7.22. The molecule has 0 aliphatic carbocycles. The van der Waals surface area contributed by atoms with E-state index in [0.29, 0.717) is 12.6 Å². The Kier molecular flexibility index (Phi) is 5.24. The Morgan fingerprint density at radius 3 is 2.57 bits per heavy atom. The number of fused-ring (bicyclic) bond motifs is 5. The number of carbonyl (C=O) groups excluding carboxylic acids is 1. The van der Waals surface area contributed by atoms with E-state index in [1.165, 1.54) is 11.1 Å². The first kappa shape index (κ1) is 22.0. The molecule has 182 valence electrons. The number of rotatable bonds is 3. The lowest BCUT2D eigenvalue weighted by Gasteiger charge is -2.40. The smallest absolute Gasteiger partial charge is 0.410 e. The van der Waals surface area contributed by atoms with E-state index in [1.807, 2.05) is 48.7 Å². The summed E-state index contributed by atoms with van der Waals surface area (Å²) in [5.74, 6) is 0.886. The molecule has 1 amide bonds. The number of carbonyl (C=O) groups is 1. The van der Waals surface area contributed by atoms with E-state index in [4.69, 9.17) is 9.47 Å². The molecule has 1 N–H and O–H groups in total.